The van der Waals surface area contributed by atoms with E-state index in [4.69, 9.17) is 4.74 Å². The monoisotopic (exact) mass is 502 g/mol. The molecule has 3 rings (SSSR count). The van der Waals surface area contributed by atoms with Gasteiger partial charge in [-0.3, -0.25) is 14.4 Å². The van der Waals surface area contributed by atoms with E-state index in [1.54, 1.807) is 42.2 Å². The van der Waals surface area contributed by atoms with Crippen LogP contribution in [0.3, 0.4) is 0 Å². The molecular weight excluding hydrogens is 479 g/mol. The summed E-state index contributed by atoms with van der Waals surface area (Å²) in [6.45, 7) is 2.79. The van der Waals surface area contributed by atoms with Gasteiger partial charge in [0.2, 0.25) is 0 Å². The van der Waals surface area contributed by atoms with Gasteiger partial charge in [0, 0.05) is 17.6 Å². The fraction of sp³-hybridized carbons (Fsp3) is 0.292. The SMILES string of the molecule is CCOC(=O)C1CCN(C(=O)C(=Cc2cccc(F)c2)NC(=O)c2ccccc2Br)CC1. The van der Waals surface area contributed by atoms with Gasteiger partial charge >= 0.3 is 5.97 Å². The largest absolute Gasteiger partial charge is 0.466 e. The lowest BCUT2D eigenvalue weighted by Gasteiger charge is -2.31. The van der Waals surface area contributed by atoms with E-state index in [2.05, 4.69) is 21.2 Å². The molecule has 1 N–H and O–H groups in total. The minimum absolute atomic E-state index is 0.0333. The minimum Gasteiger partial charge on any atom is -0.466 e. The number of benzene rings is 2. The lowest BCUT2D eigenvalue weighted by Crippen LogP contribution is -2.44. The van der Waals surface area contributed by atoms with Crippen molar-refractivity contribution in [2.75, 3.05) is 19.7 Å². The van der Waals surface area contributed by atoms with Gasteiger partial charge in [0.1, 0.15) is 11.5 Å². The fourth-order valence-electron chi connectivity index (χ4n) is 3.50. The summed E-state index contributed by atoms with van der Waals surface area (Å²) in [6.07, 6.45) is 2.42. The van der Waals surface area contributed by atoms with Crippen LogP contribution in [0.4, 0.5) is 4.39 Å². The molecule has 1 heterocycles. The topological polar surface area (TPSA) is 75.7 Å². The number of carbonyl (C=O) groups excluding carboxylic acids is 3. The van der Waals surface area contributed by atoms with Crippen LogP contribution < -0.4 is 5.32 Å². The average Bonchev–Trinajstić information content (AvgIpc) is 2.78. The van der Waals surface area contributed by atoms with Gasteiger partial charge in [-0.15, -0.1) is 0 Å². The quantitative estimate of drug-likeness (QED) is 0.475. The van der Waals surface area contributed by atoms with Crippen LogP contribution in [0.25, 0.3) is 6.08 Å². The second kappa shape index (κ2) is 11.0. The summed E-state index contributed by atoms with van der Waals surface area (Å²) in [4.78, 5) is 39.7. The molecule has 0 bridgehead atoms. The van der Waals surface area contributed by atoms with E-state index in [1.807, 2.05) is 0 Å². The predicted octanol–water partition coefficient (Wildman–Crippen LogP) is 4.16. The van der Waals surface area contributed by atoms with E-state index in [0.29, 0.717) is 48.1 Å². The van der Waals surface area contributed by atoms with Gasteiger partial charge in [-0.25, -0.2) is 4.39 Å². The van der Waals surface area contributed by atoms with Crippen LogP contribution in [-0.2, 0) is 14.3 Å². The molecule has 6 nitrogen and oxygen atoms in total. The highest BCUT2D eigenvalue weighted by Gasteiger charge is 2.30. The Hall–Kier alpha value is -3.00. The van der Waals surface area contributed by atoms with Gasteiger partial charge in [0.05, 0.1) is 18.1 Å². The number of halogens is 2. The van der Waals surface area contributed by atoms with Gasteiger partial charge in [0.15, 0.2) is 0 Å². The molecule has 0 radical (unpaired) electrons. The molecule has 32 heavy (non-hydrogen) atoms. The molecule has 0 unspecified atom stereocenters. The Morgan fingerprint density at radius 1 is 1.16 bits per heavy atom. The second-order valence-electron chi connectivity index (χ2n) is 7.37. The lowest BCUT2D eigenvalue weighted by atomic mass is 9.96. The normalized spacial score (nSPS) is 14.7. The molecule has 1 aliphatic heterocycles. The van der Waals surface area contributed by atoms with E-state index in [-0.39, 0.29) is 17.6 Å². The van der Waals surface area contributed by atoms with Crippen molar-refractivity contribution in [1.82, 2.24) is 10.2 Å². The Labute approximate surface area is 194 Å². The van der Waals surface area contributed by atoms with Gasteiger partial charge in [-0.2, -0.15) is 0 Å². The molecule has 168 valence electrons. The van der Waals surface area contributed by atoms with E-state index < -0.39 is 17.6 Å². The number of piperidine rings is 1. The summed E-state index contributed by atoms with van der Waals surface area (Å²) < 4.78 is 19.3. The van der Waals surface area contributed by atoms with Crippen molar-refractivity contribution in [2.45, 2.75) is 19.8 Å². The number of hydrogen-bond acceptors (Lipinski definition) is 4. The number of amides is 2. The molecule has 1 fully saturated rings. The maximum absolute atomic E-state index is 13.7. The molecule has 2 aromatic carbocycles. The highest BCUT2D eigenvalue weighted by molar-refractivity contribution is 9.10. The first-order valence-corrected chi connectivity index (χ1v) is 11.2. The molecule has 0 atom stereocenters. The van der Waals surface area contributed by atoms with E-state index in [9.17, 15) is 18.8 Å². The summed E-state index contributed by atoms with van der Waals surface area (Å²) >= 11 is 3.34. The molecule has 0 saturated carbocycles. The van der Waals surface area contributed by atoms with Crippen LogP contribution in [0.5, 0.6) is 0 Å². The molecule has 0 aliphatic carbocycles. The Morgan fingerprint density at radius 2 is 1.88 bits per heavy atom. The second-order valence-corrected chi connectivity index (χ2v) is 8.22. The van der Waals surface area contributed by atoms with Gasteiger partial charge in [-0.1, -0.05) is 24.3 Å². The Balaban J connectivity index is 1.81. The van der Waals surface area contributed by atoms with Gasteiger partial charge in [0.25, 0.3) is 11.8 Å². The standard InChI is InChI=1S/C24H24BrFN2O4/c1-2-32-24(31)17-10-12-28(13-11-17)23(30)21(15-16-6-5-7-18(26)14-16)27-22(29)19-8-3-4-9-20(19)25/h3-9,14-15,17H,2,10-13H2,1H3,(H,27,29). The molecule has 0 aromatic heterocycles. The number of carbonyl (C=O) groups is 3. The molecule has 1 saturated heterocycles. The van der Waals surface area contributed by atoms with Crippen LogP contribution in [0, 0.1) is 11.7 Å². The van der Waals surface area contributed by atoms with Crippen molar-refractivity contribution in [1.29, 1.82) is 0 Å². The Bertz CT molecular complexity index is 1030. The van der Waals surface area contributed by atoms with E-state index in [0.717, 1.165) is 0 Å². The summed E-state index contributed by atoms with van der Waals surface area (Å²) in [5, 5.41) is 2.68. The van der Waals surface area contributed by atoms with Gasteiger partial charge < -0.3 is 15.0 Å². The number of rotatable bonds is 6. The minimum atomic E-state index is -0.463. The van der Waals surface area contributed by atoms with Crippen LogP contribution in [0.1, 0.15) is 35.7 Å². The van der Waals surface area contributed by atoms with E-state index in [1.165, 1.54) is 24.3 Å². The van der Waals surface area contributed by atoms with Crippen LogP contribution in [0.2, 0.25) is 0 Å². The molecule has 1 aliphatic rings. The number of nitrogens with one attached hydrogen (secondary N) is 1. The first kappa shape index (κ1) is 23.7. The third-order valence-electron chi connectivity index (χ3n) is 5.16. The Kier molecular flexibility index (Phi) is 8.16. The number of nitrogens with zero attached hydrogens (tertiary/aromatic N) is 1. The number of hydrogen-bond donors (Lipinski definition) is 1. The third-order valence-corrected chi connectivity index (χ3v) is 5.85. The molecular formula is C24H24BrFN2O4. The first-order valence-electron chi connectivity index (χ1n) is 10.4. The molecule has 0 spiro atoms. The maximum Gasteiger partial charge on any atom is 0.309 e. The number of esters is 1. The smallest absolute Gasteiger partial charge is 0.309 e. The van der Waals surface area contributed by atoms with Crippen molar-refractivity contribution >= 4 is 39.8 Å². The third kappa shape index (κ3) is 6.03. The van der Waals surface area contributed by atoms with Crippen LogP contribution >= 0.6 is 15.9 Å². The number of likely N-dealkylation sites (tertiary alicyclic amines) is 1. The maximum atomic E-state index is 13.7. The van der Waals surface area contributed by atoms with Crippen molar-refractivity contribution < 1.29 is 23.5 Å². The summed E-state index contributed by atoms with van der Waals surface area (Å²) in [7, 11) is 0. The lowest BCUT2D eigenvalue weighted by molar-refractivity contribution is -0.150. The zero-order valence-corrected chi connectivity index (χ0v) is 19.2. The predicted molar refractivity (Wildman–Crippen MR) is 122 cm³/mol. The summed E-state index contributed by atoms with van der Waals surface area (Å²) in [5.74, 6) is -1.80. The van der Waals surface area contributed by atoms with E-state index >= 15 is 0 Å². The fourth-order valence-corrected chi connectivity index (χ4v) is 3.96. The van der Waals surface area contributed by atoms with Crippen molar-refractivity contribution in [2.24, 2.45) is 5.92 Å². The molecule has 8 heteroatoms. The van der Waals surface area contributed by atoms with Crippen molar-refractivity contribution in [3.05, 3.63) is 75.6 Å². The van der Waals surface area contributed by atoms with Crippen LogP contribution in [-0.4, -0.2) is 42.4 Å². The van der Waals surface area contributed by atoms with Crippen molar-refractivity contribution in [3.8, 4) is 0 Å². The Morgan fingerprint density at radius 3 is 2.53 bits per heavy atom. The summed E-state index contributed by atoms with van der Waals surface area (Å²) in [6, 6.07) is 12.6. The summed E-state index contributed by atoms with van der Waals surface area (Å²) in [5.41, 5.74) is 0.847. The first-order chi connectivity index (χ1) is 15.4. The number of ether oxygens (including phenoxy) is 1. The van der Waals surface area contributed by atoms with Crippen molar-refractivity contribution in [3.63, 3.8) is 0 Å². The zero-order valence-electron chi connectivity index (χ0n) is 17.6. The molecule has 2 amide bonds. The zero-order chi connectivity index (χ0) is 23.1. The highest BCUT2D eigenvalue weighted by atomic mass is 79.9. The van der Waals surface area contributed by atoms with Gasteiger partial charge in [-0.05, 0) is 71.6 Å². The highest BCUT2D eigenvalue weighted by Crippen LogP contribution is 2.21. The average molecular weight is 503 g/mol. The molecule has 2 aromatic rings. The van der Waals surface area contributed by atoms with Crippen LogP contribution in [0.15, 0.2) is 58.7 Å².